The van der Waals surface area contributed by atoms with Crippen molar-refractivity contribution in [1.29, 1.82) is 0 Å². The van der Waals surface area contributed by atoms with E-state index in [4.69, 9.17) is 4.74 Å². The molecule has 0 aliphatic carbocycles. The smallest absolute Gasteiger partial charge is 0.191 e. The van der Waals surface area contributed by atoms with E-state index in [0.29, 0.717) is 19.2 Å². The van der Waals surface area contributed by atoms with Crippen LogP contribution in [-0.4, -0.2) is 50.2 Å². The van der Waals surface area contributed by atoms with Crippen LogP contribution in [0.5, 0.6) is 5.75 Å². The number of para-hydroxylation sites is 1. The molecule has 0 fully saturated rings. The van der Waals surface area contributed by atoms with Gasteiger partial charge in [0.05, 0.1) is 13.2 Å². The van der Waals surface area contributed by atoms with Gasteiger partial charge in [-0.05, 0) is 40.8 Å². The zero-order valence-corrected chi connectivity index (χ0v) is 15.2. The first kappa shape index (κ1) is 19.3. The molecule has 2 N–H and O–H groups in total. The summed E-state index contributed by atoms with van der Waals surface area (Å²) in [5, 5.41) is 6.67. The molecule has 0 spiro atoms. The minimum absolute atomic E-state index is 0.550. The van der Waals surface area contributed by atoms with Crippen LogP contribution in [-0.2, 0) is 6.54 Å². The second-order valence-corrected chi connectivity index (χ2v) is 5.74. The summed E-state index contributed by atoms with van der Waals surface area (Å²) >= 11 is 0. The molecular weight excluding hydrogens is 288 g/mol. The van der Waals surface area contributed by atoms with E-state index in [9.17, 15) is 0 Å². The fraction of sp³-hybridized carbons (Fsp3) is 0.611. The van der Waals surface area contributed by atoms with Gasteiger partial charge in [-0.15, -0.1) is 0 Å². The molecule has 130 valence electrons. The van der Waals surface area contributed by atoms with Crippen LogP contribution in [0.15, 0.2) is 29.3 Å². The number of likely N-dealkylation sites (N-methyl/N-ethyl adjacent to an activating group) is 1. The van der Waals surface area contributed by atoms with Crippen LogP contribution in [0.1, 0.15) is 33.3 Å². The van der Waals surface area contributed by atoms with E-state index in [-0.39, 0.29) is 0 Å². The maximum absolute atomic E-state index is 5.65. The van der Waals surface area contributed by atoms with Crippen molar-refractivity contribution in [3.63, 3.8) is 0 Å². The lowest BCUT2D eigenvalue weighted by atomic mass is 10.2. The monoisotopic (exact) mass is 320 g/mol. The Morgan fingerprint density at radius 1 is 1.22 bits per heavy atom. The van der Waals surface area contributed by atoms with Crippen LogP contribution >= 0.6 is 0 Å². The van der Waals surface area contributed by atoms with Crippen molar-refractivity contribution >= 4 is 5.96 Å². The van der Waals surface area contributed by atoms with Gasteiger partial charge < -0.3 is 20.3 Å². The van der Waals surface area contributed by atoms with Gasteiger partial charge in [-0.25, -0.2) is 4.99 Å². The Balaban J connectivity index is 2.61. The zero-order chi connectivity index (χ0) is 17.1. The number of nitrogens with one attached hydrogen (secondary N) is 2. The van der Waals surface area contributed by atoms with Crippen molar-refractivity contribution in [3.05, 3.63) is 29.8 Å². The van der Waals surface area contributed by atoms with Crippen LogP contribution in [0.3, 0.4) is 0 Å². The topological polar surface area (TPSA) is 48.9 Å². The lowest BCUT2D eigenvalue weighted by Crippen LogP contribution is -2.42. The van der Waals surface area contributed by atoms with Crippen LogP contribution in [0.2, 0.25) is 0 Å². The molecule has 5 nitrogen and oxygen atoms in total. The number of aliphatic imine (C=N–C) groups is 1. The molecule has 1 rings (SSSR count). The molecule has 5 heteroatoms. The first-order valence-electron chi connectivity index (χ1n) is 8.51. The van der Waals surface area contributed by atoms with Gasteiger partial charge in [-0.1, -0.05) is 18.2 Å². The Hall–Kier alpha value is -1.75. The number of ether oxygens (including phenoxy) is 1. The number of guanidine groups is 1. The van der Waals surface area contributed by atoms with Gasteiger partial charge in [0.15, 0.2) is 5.96 Å². The van der Waals surface area contributed by atoms with Crippen molar-refractivity contribution in [2.45, 2.75) is 40.3 Å². The Labute approximate surface area is 141 Å². The normalized spacial score (nSPS) is 11.9. The predicted octanol–water partition coefficient (Wildman–Crippen LogP) is 2.48. The summed E-state index contributed by atoms with van der Waals surface area (Å²) in [5.41, 5.74) is 1.10. The lowest BCUT2D eigenvalue weighted by Gasteiger charge is -2.21. The highest BCUT2D eigenvalue weighted by molar-refractivity contribution is 5.79. The molecule has 0 radical (unpaired) electrons. The molecule has 0 heterocycles. The van der Waals surface area contributed by atoms with Gasteiger partial charge in [0, 0.05) is 31.2 Å². The van der Waals surface area contributed by atoms with E-state index in [1.807, 2.05) is 25.1 Å². The SMILES string of the molecule is CCNC(=NCc1ccccc1OCC)NCCN(C)C(C)C. The molecule has 0 saturated carbocycles. The largest absolute Gasteiger partial charge is 0.494 e. The number of nitrogens with zero attached hydrogens (tertiary/aromatic N) is 2. The maximum Gasteiger partial charge on any atom is 0.191 e. The highest BCUT2D eigenvalue weighted by Gasteiger charge is 2.05. The van der Waals surface area contributed by atoms with E-state index in [1.54, 1.807) is 0 Å². The fourth-order valence-electron chi connectivity index (χ4n) is 2.05. The predicted molar refractivity (Wildman–Crippen MR) is 98.2 cm³/mol. The molecule has 0 aromatic heterocycles. The first-order chi connectivity index (χ1) is 11.1. The Kier molecular flexibility index (Phi) is 9.14. The van der Waals surface area contributed by atoms with Crippen molar-refractivity contribution in [2.24, 2.45) is 4.99 Å². The highest BCUT2D eigenvalue weighted by Crippen LogP contribution is 2.18. The Morgan fingerprint density at radius 3 is 2.61 bits per heavy atom. The molecule has 1 aromatic rings. The van der Waals surface area contributed by atoms with Crippen molar-refractivity contribution in [1.82, 2.24) is 15.5 Å². The molecule has 0 aliphatic heterocycles. The third-order valence-electron chi connectivity index (χ3n) is 3.66. The summed E-state index contributed by atoms with van der Waals surface area (Å²) in [7, 11) is 2.13. The van der Waals surface area contributed by atoms with Crippen molar-refractivity contribution in [3.8, 4) is 5.75 Å². The number of hydrogen-bond donors (Lipinski definition) is 2. The molecular formula is C18H32N4O. The van der Waals surface area contributed by atoms with Crippen molar-refractivity contribution in [2.75, 3.05) is 33.3 Å². The standard InChI is InChI=1S/C18H32N4O/c1-6-19-18(20-12-13-22(5)15(3)4)21-14-16-10-8-9-11-17(16)23-7-2/h8-11,15H,6-7,12-14H2,1-5H3,(H2,19,20,21). The van der Waals surface area contributed by atoms with Gasteiger partial charge in [-0.2, -0.15) is 0 Å². The van der Waals surface area contributed by atoms with E-state index in [0.717, 1.165) is 36.9 Å². The maximum atomic E-state index is 5.65. The third-order valence-corrected chi connectivity index (χ3v) is 3.66. The lowest BCUT2D eigenvalue weighted by molar-refractivity contribution is 0.278. The van der Waals surface area contributed by atoms with Crippen LogP contribution in [0.4, 0.5) is 0 Å². The Morgan fingerprint density at radius 2 is 1.96 bits per heavy atom. The molecule has 0 unspecified atom stereocenters. The van der Waals surface area contributed by atoms with E-state index in [1.165, 1.54) is 0 Å². The molecule has 0 saturated heterocycles. The summed E-state index contributed by atoms with van der Waals surface area (Å²) in [6, 6.07) is 8.61. The summed E-state index contributed by atoms with van der Waals surface area (Å²) in [6.07, 6.45) is 0. The molecule has 0 bridgehead atoms. The molecule has 0 aliphatic rings. The Bertz CT molecular complexity index is 474. The fourth-order valence-corrected chi connectivity index (χ4v) is 2.05. The molecule has 0 amide bonds. The van der Waals surface area contributed by atoms with Gasteiger partial charge in [0.1, 0.15) is 5.75 Å². The zero-order valence-electron chi connectivity index (χ0n) is 15.2. The quantitative estimate of drug-likeness (QED) is 0.542. The number of rotatable bonds is 9. The average molecular weight is 320 g/mol. The van der Waals surface area contributed by atoms with E-state index in [2.05, 4.69) is 54.4 Å². The average Bonchev–Trinajstić information content (AvgIpc) is 2.53. The summed E-state index contributed by atoms with van der Waals surface area (Å²) in [5.74, 6) is 1.75. The summed E-state index contributed by atoms with van der Waals surface area (Å²) in [4.78, 5) is 6.97. The highest BCUT2D eigenvalue weighted by atomic mass is 16.5. The van der Waals surface area contributed by atoms with Gasteiger partial charge >= 0.3 is 0 Å². The molecule has 23 heavy (non-hydrogen) atoms. The van der Waals surface area contributed by atoms with E-state index < -0.39 is 0 Å². The second kappa shape index (κ2) is 10.9. The minimum Gasteiger partial charge on any atom is -0.494 e. The van der Waals surface area contributed by atoms with Crippen LogP contribution in [0, 0.1) is 0 Å². The van der Waals surface area contributed by atoms with Crippen LogP contribution < -0.4 is 15.4 Å². The van der Waals surface area contributed by atoms with Gasteiger partial charge in [0.25, 0.3) is 0 Å². The first-order valence-corrected chi connectivity index (χ1v) is 8.51. The van der Waals surface area contributed by atoms with Crippen molar-refractivity contribution < 1.29 is 4.74 Å². The number of hydrogen-bond acceptors (Lipinski definition) is 3. The summed E-state index contributed by atoms with van der Waals surface area (Å²) < 4.78 is 5.65. The molecule has 1 aromatic carbocycles. The van der Waals surface area contributed by atoms with Crippen LogP contribution in [0.25, 0.3) is 0 Å². The second-order valence-electron chi connectivity index (χ2n) is 5.74. The summed E-state index contributed by atoms with van der Waals surface area (Å²) in [6.45, 7) is 12.4. The minimum atomic E-state index is 0.550. The van der Waals surface area contributed by atoms with E-state index >= 15 is 0 Å². The van der Waals surface area contributed by atoms with Gasteiger partial charge in [0.2, 0.25) is 0 Å². The van der Waals surface area contributed by atoms with Gasteiger partial charge in [-0.3, -0.25) is 0 Å². The molecule has 0 atom stereocenters. The third kappa shape index (κ3) is 7.37. The number of benzene rings is 1.